The number of ether oxygens (including phenoxy) is 2. The molecule has 2 amide bonds. The standard InChI is InChI=1S/C26H26BrClN2O4/c1-29-26(32)23(14-18-7-4-3-5-8-18)30(16-19-9-6-10-21(13-19)33-2)25(31)17-34-24-12-11-20(27)15-22(24)28/h3-13,15,23H,14,16-17H2,1-2H3,(H,29,32). The van der Waals surface area contributed by atoms with Gasteiger partial charge in [0.2, 0.25) is 5.91 Å². The fourth-order valence-electron chi connectivity index (χ4n) is 3.50. The predicted octanol–water partition coefficient (Wildman–Crippen LogP) is 4.88. The maximum Gasteiger partial charge on any atom is 0.261 e. The number of hydrogen-bond donors (Lipinski definition) is 1. The van der Waals surface area contributed by atoms with Crippen LogP contribution in [0.25, 0.3) is 0 Å². The number of benzene rings is 3. The number of carbonyl (C=O) groups excluding carboxylic acids is 2. The summed E-state index contributed by atoms with van der Waals surface area (Å²) in [6.45, 7) is -0.0635. The lowest BCUT2D eigenvalue weighted by atomic mass is 10.0. The van der Waals surface area contributed by atoms with Crippen LogP contribution in [0.1, 0.15) is 11.1 Å². The van der Waals surface area contributed by atoms with E-state index in [0.29, 0.717) is 22.9 Å². The number of nitrogens with one attached hydrogen (secondary N) is 1. The van der Waals surface area contributed by atoms with Gasteiger partial charge >= 0.3 is 0 Å². The summed E-state index contributed by atoms with van der Waals surface area (Å²) in [7, 11) is 3.15. The number of rotatable bonds is 10. The molecular weight excluding hydrogens is 520 g/mol. The van der Waals surface area contributed by atoms with Crippen LogP contribution in [0.5, 0.6) is 11.5 Å². The first-order valence-electron chi connectivity index (χ1n) is 10.7. The SMILES string of the molecule is CNC(=O)C(Cc1ccccc1)N(Cc1cccc(OC)c1)C(=O)COc1ccc(Br)cc1Cl. The number of amides is 2. The average molecular weight is 546 g/mol. The molecule has 0 bridgehead atoms. The first kappa shape index (κ1) is 25.6. The number of carbonyl (C=O) groups is 2. The highest BCUT2D eigenvalue weighted by molar-refractivity contribution is 9.10. The van der Waals surface area contributed by atoms with Crippen molar-refractivity contribution in [1.82, 2.24) is 10.2 Å². The number of likely N-dealkylation sites (N-methyl/N-ethyl adjacent to an activating group) is 1. The second-order valence-corrected chi connectivity index (χ2v) is 8.88. The summed E-state index contributed by atoms with van der Waals surface area (Å²) in [6.07, 6.45) is 0.356. The molecule has 0 heterocycles. The lowest BCUT2D eigenvalue weighted by molar-refractivity contribution is -0.142. The monoisotopic (exact) mass is 544 g/mol. The van der Waals surface area contributed by atoms with Crippen LogP contribution >= 0.6 is 27.5 Å². The summed E-state index contributed by atoms with van der Waals surface area (Å²) >= 11 is 9.59. The molecule has 0 aromatic heterocycles. The van der Waals surface area contributed by atoms with Gasteiger partial charge in [-0.15, -0.1) is 0 Å². The van der Waals surface area contributed by atoms with Crippen molar-refractivity contribution in [1.29, 1.82) is 0 Å². The Morgan fingerprint density at radius 2 is 1.76 bits per heavy atom. The maximum atomic E-state index is 13.4. The van der Waals surface area contributed by atoms with Gasteiger partial charge in [-0.25, -0.2) is 0 Å². The van der Waals surface area contributed by atoms with Crippen molar-refractivity contribution >= 4 is 39.3 Å². The van der Waals surface area contributed by atoms with Crippen molar-refractivity contribution in [2.24, 2.45) is 0 Å². The van der Waals surface area contributed by atoms with E-state index in [1.54, 1.807) is 32.4 Å². The number of halogens is 2. The molecule has 0 fully saturated rings. The van der Waals surface area contributed by atoms with Gasteiger partial charge in [0.1, 0.15) is 17.5 Å². The van der Waals surface area contributed by atoms with Crippen LogP contribution in [-0.2, 0) is 22.6 Å². The Labute approximate surface area is 212 Å². The molecule has 0 saturated heterocycles. The number of nitrogens with zero attached hydrogens (tertiary/aromatic N) is 1. The third-order valence-corrected chi connectivity index (χ3v) is 6.04. The van der Waals surface area contributed by atoms with Gasteiger partial charge in [0.05, 0.1) is 12.1 Å². The molecule has 6 nitrogen and oxygen atoms in total. The molecule has 0 aliphatic carbocycles. The lowest BCUT2D eigenvalue weighted by Gasteiger charge is -2.31. The third-order valence-electron chi connectivity index (χ3n) is 5.25. The van der Waals surface area contributed by atoms with Gasteiger partial charge in [-0.2, -0.15) is 0 Å². The number of methoxy groups -OCH3 is 1. The maximum absolute atomic E-state index is 13.4. The van der Waals surface area contributed by atoms with E-state index >= 15 is 0 Å². The second kappa shape index (κ2) is 12.4. The highest BCUT2D eigenvalue weighted by atomic mass is 79.9. The first-order chi connectivity index (χ1) is 16.4. The van der Waals surface area contributed by atoms with Crippen molar-refractivity contribution < 1.29 is 19.1 Å². The van der Waals surface area contributed by atoms with Crippen molar-refractivity contribution in [3.05, 3.63) is 93.4 Å². The van der Waals surface area contributed by atoms with Gasteiger partial charge in [-0.1, -0.05) is 70.0 Å². The van der Waals surface area contributed by atoms with E-state index < -0.39 is 6.04 Å². The summed E-state index contributed by atoms with van der Waals surface area (Å²) in [5, 5.41) is 3.08. The zero-order valence-electron chi connectivity index (χ0n) is 19.0. The molecule has 1 N–H and O–H groups in total. The lowest BCUT2D eigenvalue weighted by Crippen LogP contribution is -2.51. The van der Waals surface area contributed by atoms with Crippen LogP contribution in [0.3, 0.4) is 0 Å². The van der Waals surface area contributed by atoms with Crippen LogP contribution in [-0.4, -0.2) is 43.5 Å². The summed E-state index contributed by atoms with van der Waals surface area (Å²) in [6, 6.07) is 21.4. The van der Waals surface area contributed by atoms with Crippen LogP contribution in [0.4, 0.5) is 0 Å². The Hall–Kier alpha value is -3.03. The fourth-order valence-corrected chi connectivity index (χ4v) is 4.23. The molecule has 3 aromatic rings. The molecule has 0 radical (unpaired) electrons. The molecule has 3 aromatic carbocycles. The van der Waals surface area contributed by atoms with Crippen LogP contribution in [0, 0.1) is 0 Å². The molecule has 8 heteroatoms. The zero-order valence-corrected chi connectivity index (χ0v) is 21.3. The van der Waals surface area contributed by atoms with Gasteiger partial charge in [-0.05, 0) is 41.5 Å². The van der Waals surface area contributed by atoms with E-state index in [-0.39, 0.29) is 25.0 Å². The molecule has 0 saturated carbocycles. The van der Waals surface area contributed by atoms with E-state index in [1.807, 2.05) is 54.6 Å². The average Bonchev–Trinajstić information content (AvgIpc) is 2.85. The molecule has 178 valence electrons. The highest BCUT2D eigenvalue weighted by Gasteiger charge is 2.30. The molecule has 34 heavy (non-hydrogen) atoms. The van der Waals surface area contributed by atoms with Gasteiger partial charge in [0.15, 0.2) is 6.61 Å². The fraction of sp³-hybridized carbons (Fsp3) is 0.231. The van der Waals surface area contributed by atoms with Crippen LogP contribution in [0.2, 0.25) is 5.02 Å². The minimum absolute atomic E-state index is 0.207. The normalized spacial score (nSPS) is 11.4. The van der Waals surface area contributed by atoms with Crippen LogP contribution in [0.15, 0.2) is 77.3 Å². The molecule has 1 unspecified atom stereocenters. The smallest absolute Gasteiger partial charge is 0.261 e. The molecular formula is C26H26BrClN2O4. The van der Waals surface area contributed by atoms with E-state index in [2.05, 4.69) is 21.2 Å². The Balaban J connectivity index is 1.89. The zero-order chi connectivity index (χ0) is 24.5. The quantitative estimate of drug-likeness (QED) is 0.394. The van der Waals surface area contributed by atoms with E-state index in [0.717, 1.165) is 15.6 Å². The Morgan fingerprint density at radius 1 is 1.03 bits per heavy atom. The summed E-state index contributed by atoms with van der Waals surface area (Å²) in [5.74, 6) is 0.453. The number of hydrogen-bond acceptors (Lipinski definition) is 4. The van der Waals surface area contributed by atoms with E-state index in [9.17, 15) is 9.59 Å². The topological polar surface area (TPSA) is 67.9 Å². The van der Waals surface area contributed by atoms with Gasteiger partial charge in [0.25, 0.3) is 5.91 Å². The summed E-state index contributed by atoms with van der Waals surface area (Å²) < 4.78 is 11.9. The molecule has 1 atom stereocenters. The Kier molecular flexibility index (Phi) is 9.36. The van der Waals surface area contributed by atoms with E-state index in [4.69, 9.17) is 21.1 Å². The highest BCUT2D eigenvalue weighted by Crippen LogP contribution is 2.28. The van der Waals surface area contributed by atoms with Crippen molar-refractivity contribution in [2.75, 3.05) is 20.8 Å². The predicted molar refractivity (Wildman–Crippen MR) is 136 cm³/mol. The second-order valence-electron chi connectivity index (χ2n) is 7.56. The van der Waals surface area contributed by atoms with Gasteiger partial charge in [0, 0.05) is 24.5 Å². The molecule has 0 aliphatic heterocycles. The van der Waals surface area contributed by atoms with Crippen molar-refractivity contribution in [2.45, 2.75) is 19.0 Å². The first-order valence-corrected chi connectivity index (χ1v) is 11.8. The Morgan fingerprint density at radius 3 is 2.44 bits per heavy atom. The Bertz CT molecular complexity index is 1130. The minimum atomic E-state index is -0.741. The van der Waals surface area contributed by atoms with Crippen molar-refractivity contribution in [3.8, 4) is 11.5 Å². The van der Waals surface area contributed by atoms with Gasteiger partial charge in [-0.3, -0.25) is 9.59 Å². The van der Waals surface area contributed by atoms with E-state index in [1.165, 1.54) is 4.90 Å². The third kappa shape index (κ3) is 6.98. The van der Waals surface area contributed by atoms with Crippen LogP contribution < -0.4 is 14.8 Å². The minimum Gasteiger partial charge on any atom is -0.497 e. The largest absolute Gasteiger partial charge is 0.497 e. The summed E-state index contributed by atoms with van der Waals surface area (Å²) in [5.41, 5.74) is 1.77. The molecule has 0 spiro atoms. The molecule has 3 rings (SSSR count). The van der Waals surface area contributed by atoms with Gasteiger partial charge < -0.3 is 19.7 Å². The molecule has 0 aliphatic rings. The summed E-state index contributed by atoms with van der Waals surface area (Å²) in [4.78, 5) is 27.9. The van der Waals surface area contributed by atoms with Crippen molar-refractivity contribution in [3.63, 3.8) is 0 Å².